The number of hydrogen-bond acceptors (Lipinski definition) is 6. The molecule has 6 nitrogen and oxygen atoms in total. The molecule has 0 unspecified atom stereocenters. The molecule has 0 saturated carbocycles. The molecule has 3 heterocycles. The predicted octanol–water partition coefficient (Wildman–Crippen LogP) is 4.02. The summed E-state index contributed by atoms with van der Waals surface area (Å²) in [6.07, 6.45) is 5.60. The van der Waals surface area contributed by atoms with Crippen LogP contribution in [0.2, 0.25) is 0 Å². The summed E-state index contributed by atoms with van der Waals surface area (Å²) in [7, 11) is 2.21. The smallest absolute Gasteiger partial charge is 0.130 e. The molecule has 2 fully saturated rings. The van der Waals surface area contributed by atoms with Gasteiger partial charge in [-0.2, -0.15) is 0 Å². The first-order valence-corrected chi connectivity index (χ1v) is 12.7. The third-order valence-electron chi connectivity index (χ3n) is 7.38. The fourth-order valence-electron chi connectivity index (χ4n) is 5.22. The number of anilines is 1. The molecule has 0 spiro atoms. The number of nitrogens with zero attached hydrogens (tertiary/aromatic N) is 5. The third kappa shape index (κ3) is 5.68. The van der Waals surface area contributed by atoms with Crippen molar-refractivity contribution in [3.8, 4) is 5.75 Å². The maximum atomic E-state index is 6.13. The zero-order chi connectivity index (χ0) is 23.3. The lowest BCUT2D eigenvalue weighted by molar-refractivity contribution is 0.155. The highest BCUT2D eigenvalue weighted by molar-refractivity contribution is 5.84. The molecule has 180 valence electrons. The predicted molar refractivity (Wildman–Crippen MR) is 139 cm³/mol. The van der Waals surface area contributed by atoms with Gasteiger partial charge in [-0.05, 0) is 82.1 Å². The number of ether oxygens (including phenoxy) is 1. The van der Waals surface area contributed by atoms with E-state index in [4.69, 9.17) is 4.74 Å². The maximum Gasteiger partial charge on any atom is 0.130 e. The summed E-state index contributed by atoms with van der Waals surface area (Å²) in [5, 5.41) is 0.991. The largest absolute Gasteiger partial charge is 0.491 e. The van der Waals surface area contributed by atoms with Crippen LogP contribution in [-0.2, 0) is 6.42 Å². The van der Waals surface area contributed by atoms with Gasteiger partial charge < -0.3 is 14.5 Å². The Kier molecular flexibility index (Phi) is 7.26. The van der Waals surface area contributed by atoms with Crippen LogP contribution in [0.4, 0.5) is 5.69 Å². The average molecular weight is 460 g/mol. The highest BCUT2D eigenvalue weighted by Gasteiger charge is 2.20. The van der Waals surface area contributed by atoms with E-state index in [1.165, 1.54) is 30.5 Å². The van der Waals surface area contributed by atoms with Crippen molar-refractivity contribution < 1.29 is 4.74 Å². The lowest BCUT2D eigenvalue weighted by Gasteiger charge is -2.34. The highest BCUT2D eigenvalue weighted by Crippen LogP contribution is 2.26. The molecule has 3 aromatic rings. The number of aromatic nitrogens is 2. The minimum atomic E-state index is 0.699. The van der Waals surface area contributed by atoms with Crippen molar-refractivity contribution in [3.63, 3.8) is 0 Å². The molecule has 0 N–H and O–H groups in total. The number of hydrogen-bond donors (Lipinski definition) is 0. The van der Waals surface area contributed by atoms with E-state index in [1.54, 1.807) is 0 Å². The molecule has 1 aromatic heterocycles. The van der Waals surface area contributed by atoms with Crippen LogP contribution in [0.1, 0.15) is 24.2 Å². The number of rotatable bonds is 7. The molecule has 34 heavy (non-hydrogen) atoms. The fraction of sp³-hybridized carbons (Fsp3) is 0.500. The molecule has 0 aliphatic carbocycles. The number of fused-ring (bicyclic) bond motifs is 1. The monoisotopic (exact) mass is 459 g/mol. The molecule has 2 saturated heterocycles. The molecule has 0 bridgehead atoms. The lowest BCUT2D eigenvalue weighted by Crippen LogP contribution is -2.44. The summed E-state index contributed by atoms with van der Waals surface area (Å²) in [4.78, 5) is 16.3. The van der Waals surface area contributed by atoms with Gasteiger partial charge in [0.25, 0.3) is 0 Å². The Bertz CT molecular complexity index is 1090. The third-order valence-corrected chi connectivity index (χ3v) is 7.38. The van der Waals surface area contributed by atoms with E-state index in [2.05, 4.69) is 56.0 Å². The molecule has 5 rings (SSSR count). The van der Waals surface area contributed by atoms with Crippen molar-refractivity contribution in [2.75, 3.05) is 64.4 Å². The van der Waals surface area contributed by atoms with Crippen molar-refractivity contribution in [1.82, 2.24) is 19.8 Å². The number of aryl methyl sites for hydroxylation is 1. The molecule has 2 aromatic carbocycles. The Balaban J connectivity index is 1.08. The van der Waals surface area contributed by atoms with Crippen LogP contribution in [0.3, 0.4) is 0 Å². The summed E-state index contributed by atoms with van der Waals surface area (Å²) >= 11 is 0. The Hall–Kier alpha value is -2.70. The summed E-state index contributed by atoms with van der Waals surface area (Å²) < 4.78 is 6.13. The Labute approximate surface area is 203 Å². The first kappa shape index (κ1) is 23.1. The second-order valence-electron chi connectivity index (χ2n) is 9.90. The van der Waals surface area contributed by atoms with Crippen LogP contribution in [0.15, 0.2) is 48.7 Å². The molecule has 0 amide bonds. The fourth-order valence-corrected chi connectivity index (χ4v) is 5.22. The van der Waals surface area contributed by atoms with Gasteiger partial charge >= 0.3 is 0 Å². The lowest BCUT2D eigenvalue weighted by atomic mass is 9.90. The molecule has 0 radical (unpaired) electrons. The van der Waals surface area contributed by atoms with Gasteiger partial charge in [0.1, 0.15) is 18.2 Å². The highest BCUT2D eigenvalue weighted by atomic mass is 16.5. The van der Waals surface area contributed by atoms with Crippen molar-refractivity contribution in [2.24, 2.45) is 5.92 Å². The van der Waals surface area contributed by atoms with Crippen LogP contribution >= 0.6 is 0 Å². The summed E-state index contributed by atoms with van der Waals surface area (Å²) in [6, 6.07) is 15.3. The number of piperidine rings is 1. The van der Waals surface area contributed by atoms with Crippen LogP contribution in [0.25, 0.3) is 10.9 Å². The quantitative estimate of drug-likeness (QED) is 0.532. The SMILES string of the molecule is Cc1ncc2c(OCCN3CCC(Cc4cccc(N5CCN(C)CC5)c4)CC3)cccc2n1. The number of piperazine rings is 1. The van der Waals surface area contributed by atoms with Crippen LogP contribution < -0.4 is 9.64 Å². The van der Waals surface area contributed by atoms with Gasteiger partial charge in [0.15, 0.2) is 0 Å². The number of likely N-dealkylation sites (N-methyl/N-ethyl adjacent to an activating group) is 1. The summed E-state index contributed by atoms with van der Waals surface area (Å²) in [6.45, 7) is 10.5. The van der Waals surface area contributed by atoms with E-state index >= 15 is 0 Å². The second-order valence-corrected chi connectivity index (χ2v) is 9.90. The van der Waals surface area contributed by atoms with Crippen molar-refractivity contribution >= 4 is 16.6 Å². The zero-order valence-electron chi connectivity index (χ0n) is 20.6. The van der Waals surface area contributed by atoms with Crippen LogP contribution in [0.5, 0.6) is 5.75 Å². The van der Waals surface area contributed by atoms with E-state index < -0.39 is 0 Å². The van der Waals surface area contributed by atoms with Gasteiger partial charge in [-0.25, -0.2) is 9.97 Å². The van der Waals surface area contributed by atoms with Gasteiger partial charge in [0, 0.05) is 44.6 Å². The normalized spacial score (nSPS) is 18.5. The topological polar surface area (TPSA) is 44.7 Å². The zero-order valence-corrected chi connectivity index (χ0v) is 20.6. The number of likely N-dealkylation sites (tertiary alicyclic amines) is 1. The van der Waals surface area contributed by atoms with E-state index in [-0.39, 0.29) is 0 Å². The minimum absolute atomic E-state index is 0.699. The average Bonchev–Trinajstić information content (AvgIpc) is 2.86. The van der Waals surface area contributed by atoms with Crippen molar-refractivity contribution in [1.29, 1.82) is 0 Å². The Morgan fingerprint density at radius 2 is 1.76 bits per heavy atom. The first-order valence-electron chi connectivity index (χ1n) is 12.7. The second kappa shape index (κ2) is 10.7. The van der Waals surface area contributed by atoms with E-state index in [0.29, 0.717) is 6.61 Å². The minimum Gasteiger partial charge on any atom is -0.491 e. The summed E-state index contributed by atoms with van der Waals surface area (Å²) in [5.74, 6) is 2.45. The molecule has 6 heteroatoms. The molecular weight excluding hydrogens is 422 g/mol. The van der Waals surface area contributed by atoms with E-state index in [1.807, 2.05) is 31.3 Å². The standard InChI is InChI=1S/C28H37N5O/c1-22-29-21-26-27(30-22)7-4-8-28(26)34-18-17-32-11-9-23(10-12-32)19-24-5-3-6-25(20-24)33-15-13-31(2)14-16-33/h3-8,20-21,23H,9-19H2,1-2H3. The molecular formula is C28H37N5O. The van der Waals surface area contributed by atoms with Gasteiger partial charge in [-0.15, -0.1) is 0 Å². The Morgan fingerprint density at radius 3 is 2.59 bits per heavy atom. The van der Waals surface area contributed by atoms with Gasteiger partial charge in [0.05, 0.1) is 10.9 Å². The van der Waals surface area contributed by atoms with Crippen LogP contribution in [0, 0.1) is 12.8 Å². The maximum absolute atomic E-state index is 6.13. The first-order chi connectivity index (χ1) is 16.6. The van der Waals surface area contributed by atoms with E-state index in [9.17, 15) is 0 Å². The number of benzene rings is 2. The van der Waals surface area contributed by atoms with Gasteiger partial charge in [-0.1, -0.05) is 18.2 Å². The molecule has 2 aliphatic heterocycles. The Morgan fingerprint density at radius 1 is 0.971 bits per heavy atom. The molecule has 2 aliphatic rings. The van der Waals surface area contributed by atoms with Crippen LogP contribution in [-0.4, -0.2) is 79.2 Å². The summed E-state index contributed by atoms with van der Waals surface area (Å²) in [5.41, 5.74) is 3.84. The molecule has 0 atom stereocenters. The van der Waals surface area contributed by atoms with Gasteiger partial charge in [-0.3, -0.25) is 4.90 Å². The van der Waals surface area contributed by atoms with Crippen molar-refractivity contribution in [2.45, 2.75) is 26.2 Å². The van der Waals surface area contributed by atoms with E-state index in [0.717, 1.165) is 74.2 Å². The van der Waals surface area contributed by atoms with Gasteiger partial charge in [0.2, 0.25) is 0 Å². The van der Waals surface area contributed by atoms with Crippen molar-refractivity contribution in [3.05, 3.63) is 60.0 Å².